The van der Waals surface area contributed by atoms with E-state index in [1.54, 1.807) is 6.20 Å². The van der Waals surface area contributed by atoms with Crippen LogP contribution in [0.1, 0.15) is 48.9 Å². The van der Waals surface area contributed by atoms with Crippen molar-refractivity contribution in [2.24, 2.45) is 0 Å². The van der Waals surface area contributed by atoms with Crippen LogP contribution in [0.25, 0.3) is 0 Å². The summed E-state index contributed by atoms with van der Waals surface area (Å²) in [4.78, 5) is 24.3. The molecule has 0 aliphatic carbocycles. The summed E-state index contributed by atoms with van der Waals surface area (Å²) in [6.07, 6.45) is 3.98. The lowest BCUT2D eigenvalue weighted by atomic mass is 10.2. The van der Waals surface area contributed by atoms with Crippen LogP contribution < -0.4 is 4.90 Å². The Kier molecular flexibility index (Phi) is 4.77. The fraction of sp³-hybridized carbons (Fsp3) is 0.667. The summed E-state index contributed by atoms with van der Waals surface area (Å²) in [6.45, 7) is 5.81. The van der Waals surface area contributed by atoms with E-state index in [-0.39, 0.29) is 11.6 Å². The molecule has 0 radical (unpaired) electrons. The Hall–Kier alpha value is -1.69. The number of carbonyl (C=O) groups is 1. The molecule has 0 spiro atoms. The molecule has 1 aliphatic heterocycles. The second-order valence-electron chi connectivity index (χ2n) is 6.08. The van der Waals surface area contributed by atoms with Gasteiger partial charge in [-0.2, -0.15) is 0 Å². The first-order valence-corrected chi connectivity index (χ1v) is 7.41. The number of aromatic nitrogens is 2. The van der Waals surface area contributed by atoms with Crippen molar-refractivity contribution >= 4 is 11.7 Å². The zero-order valence-electron chi connectivity index (χ0n) is 13.2. The zero-order valence-corrected chi connectivity index (χ0v) is 13.2. The van der Waals surface area contributed by atoms with Crippen molar-refractivity contribution in [2.75, 3.05) is 32.1 Å². The molecular weight excluding hydrogens is 268 g/mol. The average Bonchev–Trinajstić information content (AvgIpc) is 2.83. The van der Waals surface area contributed by atoms with Crippen LogP contribution in [-0.2, 0) is 0 Å². The summed E-state index contributed by atoms with van der Waals surface area (Å²) in [5, 5.41) is 9.41. The van der Waals surface area contributed by atoms with Gasteiger partial charge in [0.1, 0.15) is 5.82 Å². The number of likely N-dealkylation sites (N-methyl/N-ethyl adjacent to an activating group) is 2. The molecule has 2 rings (SSSR count). The second kappa shape index (κ2) is 6.39. The molecule has 21 heavy (non-hydrogen) atoms. The molecule has 6 heteroatoms. The largest absolute Gasteiger partial charge is 0.476 e. The molecule has 1 unspecified atom stereocenters. The minimum Gasteiger partial charge on any atom is -0.476 e. The summed E-state index contributed by atoms with van der Waals surface area (Å²) in [5.41, 5.74) is 0.684. The third-order valence-electron chi connectivity index (χ3n) is 4.07. The molecule has 6 nitrogen and oxygen atoms in total. The van der Waals surface area contributed by atoms with Crippen LogP contribution in [0.2, 0.25) is 0 Å². The molecule has 1 aromatic heterocycles. The standard InChI is InChI=1S/C15H24N4O2/c1-10(2)14-16-8-12(13(17-14)15(20)21)19(4)9-11-6-5-7-18(11)3/h8,10-11H,5-7,9H2,1-4H3,(H,20,21). The van der Waals surface area contributed by atoms with Crippen LogP contribution in [0.3, 0.4) is 0 Å². The van der Waals surface area contributed by atoms with Gasteiger partial charge in [0, 0.05) is 25.6 Å². The molecule has 1 saturated heterocycles. The van der Waals surface area contributed by atoms with Crippen LogP contribution in [0, 0.1) is 0 Å². The van der Waals surface area contributed by atoms with Crippen molar-refractivity contribution in [2.45, 2.75) is 38.6 Å². The number of likely N-dealkylation sites (tertiary alicyclic amines) is 1. The van der Waals surface area contributed by atoms with Gasteiger partial charge in [-0.05, 0) is 26.4 Å². The molecule has 1 fully saturated rings. The first-order valence-electron chi connectivity index (χ1n) is 7.41. The molecule has 0 saturated carbocycles. The molecule has 1 aliphatic rings. The maximum atomic E-state index is 11.5. The lowest BCUT2D eigenvalue weighted by Crippen LogP contribution is -2.37. The Labute approximate surface area is 125 Å². The lowest BCUT2D eigenvalue weighted by molar-refractivity contribution is 0.0690. The van der Waals surface area contributed by atoms with Gasteiger partial charge in [-0.25, -0.2) is 14.8 Å². The number of carboxylic acid groups (broad SMARTS) is 1. The Balaban J connectivity index is 2.23. The third-order valence-corrected chi connectivity index (χ3v) is 4.07. The van der Waals surface area contributed by atoms with E-state index in [0.717, 1.165) is 19.5 Å². The molecule has 0 aromatic carbocycles. The van der Waals surface area contributed by atoms with Gasteiger partial charge < -0.3 is 14.9 Å². The predicted molar refractivity (Wildman–Crippen MR) is 82.0 cm³/mol. The van der Waals surface area contributed by atoms with Crippen molar-refractivity contribution in [1.82, 2.24) is 14.9 Å². The van der Waals surface area contributed by atoms with Gasteiger partial charge in [-0.3, -0.25) is 0 Å². The fourth-order valence-electron chi connectivity index (χ4n) is 2.73. The minimum absolute atomic E-state index is 0.0943. The smallest absolute Gasteiger partial charge is 0.356 e. The van der Waals surface area contributed by atoms with Gasteiger partial charge in [0.05, 0.1) is 11.9 Å². The van der Waals surface area contributed by atoms with Crippen LogP contribution in [0.15, 0.2) is 6.20 Å². The highest BCUT2D eigenvalue weighted by Crippen LogP contribution is 2.22. The van der Waals surface area contributed by atoms with Crippen molar-refractivity contribution in [1.29, 1.82) is 0 Å². The number of anilines is 1. The van der Waals surface area contributed by atoms with Crippen LogP contribution in [-0.4, -0.2) is 59.2 Å². The van der Waals surface area contributed by atoms with E-state index in [0.29, 0.717) is 17.6 Å². The third kappa shape index (κ3) is 3.50. The molecule has 1 aromatic rings. The highest BCUT2D eigenvalue weighted by atomic mass is 16.4. The summed E-state index contributed by atoms with van der Waals surface area (Å²) in [6, 6.07) is 0.460. The summed E-state index contributed by atoms with van der Waals surface area (Å²) in [7, 11) is 4.02. The van der Waals surface area contributed by atoms with E-state index in [4.69, 9.17) is 0 Å². The summed E-state index contributed by atoms with van der Waals surface area (Å²) in [5.74, 6) is -0.313. The number of aromatic carboxylic acids is 1. The van der Waals surface area contributed by atoms with Crippen LogP contribution in [0.5, 0.6) is 0 Å². The van der Waals surface area contributed by atoms with Crippen molar-refractivity contribution in [3.8, 4) is 0 Å². The van der Waals surface area contributed by atoms with Crippen LogP contribution in [0.4, 0.5) is 5.69 Å². The van der Waals surface area contributed by atoms with Gasteiger partial charge in [0.2, 0.25) is 0 Å². The minimum atomic E-state index is -0.999. The molecule has 0 amide bonds. The van der Waals surface area contributed by atoms with Crippen molar-refractivity contribution in [3.05, 3.63) is 17.7 Å². The Morgan fingerprint density at radius 1 is 1.57 bits per heavy atom. The predicted octanol–water partition coefficient (Wildman–Crippen LogP) is 1.83. The van der Waals surface area contributed by atoms with Gasteiger partial charge in [-0.15, -0.1) is 0 Å². The summed E-state index contributed by atoms with van der Waals surface area (Å²) < 4.78 is 0. The van der Waals surface area contributed by atoms with Crippen molar-refractivity contribution in [3.63, 3.8) is 0 Å². The highest BCUT2D eigenvalue weighted by Gasteiger charge is 2.25. The number of carboxylic acids is 1. The molecule has 1 atom stereocenters. The molecule has 2 heterocycles. The first-order chi connectivity index (χ1) is 9.90. The normalized spacial score (nSPS) is 19.2. The molecule has 1 N–H and O–H groups in total. The second-order valence-corrected chi connectivity index (χ2v) is 6.08. The molecule has 116 valence electrons. The monoisotopic (exact) mass is 292 g/mol. The Bertz CT molecular complexity index is 518. The quantitative estimate of drug-likeness (QED) is 0.893. The van der Waals surface area contributed by atoms with E-state index >= 15 is 0 Å². The maximum absolute atomic E-state index is 11.5. The SMILES string of the molecule is CC(C)c1ncc(N(C)CC2CCCN2C)c(C(=O)O)n1. The Morgan fingerprint density at radius 2 is 2.29 bits per heavy atom. The van der Waals surface area contributed by atoms with E-state index in [9.17, 15) is 9.90 Å². The molecular formula is C15H24N4O2. The average molecular weight is 292 g/mol. The maximum Gasteiger partial charge on any atom is 0.356 e. The summed E-state index contributed by atoms with van der Waals surface area (Å²) >= 11 is 0. The molecule has 0 bridgehead atoms. The van der Waals surface area contributed by atoms with Gasteiger partial charge in [0.15, 0.2) is 5.69 Å². The van der Waals surface area contributed by atoms with Crippen molar-refractivity contribution < 1.29 is 9.90 Å². The number of hydrogen-bond acceptors (Lipinski definition) is 5. The van der Waals surface area contributed by atoms with E-state index in [1.807, 2.05) is 25.8 Å². The number of rotatable bonds is 5. The topological polar surface area (TPSA) is 69.6 Å². The lowest BCUT2D eigenvalue weighted by Gasteiger charge is -2.27. The highest BCUT2D eigenvalue weighted by molar-refractivity contribution is 5.91. The zero-order chi connectivity index (χ0) is 15.6. The van der Waals surface area contributed by atoms with Gasteiger partial charge in [-0.1, -0.05) is 13.8 Å². The van der Waals surface area contributed by atoms with Gasteiger partial charge in [0.25, 0.3) is 0 Å². The number of nitrogens with zero attached hydrogens (tertiary/aromatic N) is 4. The van der Waals surface area contributed by atoms with E-state index in [1.165, 1.54) is 6.42 Å². The van der Waals surface area contributed by atoms with E-state index < -0.39 is 5.97 Å². The first kappa shape index (κ1) is 15.7. The van der Waals surface area contributed by atoms with E-state index in [2.05, 4.69) is 21.9 Å². The number of hydrogen-bond donors (Lipinski definition) is 1. The Morgan fingerprint density at radius 3 is 2.81 bits per heavy atom. The van der Waals surface area contributed by atoms with Crippen LogP contribution >= 0.6 is 0 Å². The van der Waals surface area contributed by atoms with Gasteiger partial charge >= 0.3 is 5.97 Å². The fourth-order valence-corrected chi connectivity index (χ4v) is 2.73.